The van der Waals surface area contributed by atoms with Crippen LogP contribution in [0.4, 0.5) is 10.1 Å². The molecule has 1 heterocycles. The van der Waals surface area contributed by atoms with Crippen molar-refractivity contribution < 1.29 is 19.4 Å². The molecule has 0 aliphatic rings. The van der Waals surface area contributed by atoms with Gasteiger partial charge < -0.3 is 20.1 Å². The van der Waals surface area contributed by atoms with Gasteiger partial charge in [0.25, 0.3) is 0 Å². The van der Waals surface area contributed by atoms with Crippen LogP contribution in [0.3, 0.4) is 0 Å². The van der Waals surface area contributed by atoms with Gasteiger partial charge in [0.15, 0.2) is 0 Å². The first-order valence-corrected chi connectivity index (χ1v) is 8.44. The summed E-state index contributed by atoms with van der Waals surface area (Å²) in [6, 6.07) is 2.61. The van der Waals surface area contributed by atoms with Crippen molar-refractivity contribution in [2.75, 3.05) is 18.5 Å². The lowest BCUT2D eigenvalue weighted by molar-refractivity contribution is 0.0694. The van der Waals surface area contributed by atoms with Crippen molar-refractivity contribution in [3.05, 3.63) is 39.9 Å². The smallest absolute Gasteiger partial charge is 0.341 e. The molecule has 0 aliphatic heterocycles. The Morgan fingerprint density at radius 1 is 1.28 bits per heavy atom. The van der Waals surface area contributed by atoms with Gasteiger partial charge in [0.1, 0.15) is 11.4 Å². The number of unbranched alkanes of at least 4 members (excludes halogenated alkanes) is 2. The Balaban J connectivity index is 2.56. The van der Waals surface area contributed by atoms with Gasteiger partial charge in [0.2, 0.25) is 5.43 Å². The number of nitrogens with one attached hydrogen (secondary N) is 1. The molecule has 0 radical (unpaired) electrons. The molecule has 3 N–H and O–H groups in total. The van der Waals surface area contributed by atoms with Crippen molar-refractivity contribution in [3.8, 4) is 0 Å². The predicted molar refractivity (Wildman–Crippen MR) is 94.8 cm³/mol. The monoisotopic (exact) mass is 350 g/mol. The first-order chi connectivity index (χ1) is 12.0. The van der Waals surface area contributed by atoms with Gasteiger partial charge in [-0.1, -0.05) is 19.8 Å². The molecule has 0 spiro atoms. The van der Waals surface area contributed by atoms with Gasteiger partial charge >= 0.3 is 5.97 Å². The first-order valence-electron chi connectivity index (χ1n) is 8.44. The molecule has 1 aromatic carbocycles. The second-order valence-corrected chi connectivity index (χ2v) is 5.93. The summed E-state index contributed by atoms with van der Waals surface area (Å²) in [6.07, 6.45) is 4.61. The van der Waals surface area contributed by atoms with Crippen LogP contribution in [-0.2, 0) is 6.54 Å². The summed E-state index contributed by atoms with van der Waals surface area (Å²) in [5.74, 6) is -1.94. The molecule has 7 heteroatoms. The van der Waals surface area contributed by atoms with Gasteiger partial charge in [0.05, 0.1) is 11.2 Å². The van der Waals surface area contributed by atoms with E-state index < -0.39 is 17.2 Å². The van der Waals surface area contributed by atoms with Gasteiger partial charge in [-0.25, -0.2) is 9.18 Å². The fraction of sp³-hybridized carbons (Fsp3) is 0.444. The highest BCUT2D eigenvalue weighted by Gasteiger charge is 2.16. The molecule has 0 saturated heterocycles. The van der Waals surface area contributed by atoms with Gasteiger partial charge in [-0.2, -0.15) is 0 Å². The number of aryl methyl sites for hydroxylation is 1. The molecule has 0 aliphatic carbocycles. The van der Waals surface area contributed by atoms with Crippen LogP contribution < -0.4 is 10.7 Å². The van der Waals surface area contributed by atoms with Crippen LogP contribution in [0.1, 0.15) is 43.0 Å². The van der Waals surface area contributed by atoms with Crippen molar-refractivity contribution in [1.29, 1.82) is 0 Å². The summed E-state index contributed by atoms with van der Waals surface area (Å²) >= 11 is 0. The zero-order chi connectivity index (χ0) is 18.4. The van der Waals surface area contributed by atoms with Gasteiger partial charge in [-0.3, -0.25) is 4.79 Å². The summed E-state index contributed by atoms with van der Waals surface area (Å²) < 4.78 is 16.0. The van der Waals surface area contributed by atoms with E-state index in [0.717, 1.165) is 25.3 Å². The maximum atomic E-state index is 14.3. The highest BCUT2D eigenvalue weighted by Crippen LogP contribution is 2.22. The number of hydrogen-bond donors (Lipinski definition) is 3. The largest absolute Gasteiger partial charge is 0.477 e. The molecule has 25 heavy (non-hydrogen) atoms. The van der Waals surface area contributed by atoms with Crippen LogP contribution in [0.25, 0.3) is 10.9 Å². The lowest BCUT2D eigenvalue weighted by atomic mass is 10.1. The molecule has 0 amide bonds. The van der Waals surface area contributed by atoms with E-state index in [2.05, 4.69) is 12.2 Å². The van der Waals surface area contributed by atoms with Crippen molar-refractivity contribution in [2.24, 2.45) is 0 Å². The number of halogens is 1. The Labute approximate surface area is 144 Å². The van der Waals surface area contributed by atoms with Gasteiger partial charge in [-0.05, 0) is 25.0 Å². The van der Waals surface area contributed by atoms with Crippen molar-refractivity contribution in [2.45, 2.75) is 39.2 Å². The minimum absolute atomic E-state index is 0.00804. The molecule has 0 fully saturated rings. The lowest BCUT2D eigenvalue weighted by Gasteiger charge is -2.15. The number of benzene rings is 1. The summed E-state index contributed by atoms with van der Waals surface area (Å²) in [4.78, 5) is 23.7. The Morgan fingerprint density at radius 2 is 2.04 bits per heavy atom. The van der Waals surface area contributed by atoms with Crippen LogP contribution in [0, 0.1) is 5.82 Å². The summed E-state index contributed by atoms with van der Waals surface area (Å²) in [5.41, 5.74) is -0.314. The second-order valence-electron chi connectivity index (χ2n) is 5.93. The normalized spacial score (nSPS) is 11.0. The third kappa shape index (κ3) is 4.36. The fourth-order valence-electron chi connectivity index (χ4n) is 2.72. The summed E-state index contributed by atoms with van der Waals surface area (Å²) in [6.45, 7) is 3.00. The van der Waals surface area contributed by atoms with E-state index in [1.54, 1.807) is 4.57 Å². The van der Waals surface area contributed by atoms with Crippen molar-refractivity contribution >= 4 is 22.6 Å². The number of carboxylic acids is 1. The summed E-state index contributed by atoms with van der Waals surface area (Å²) in [7, 11) is 0. The van der Waals surface area contributed by atoms with Crippen LogP contribution in [0.2, 0.25) is 0 Å². The number of nitrogens with zero attached hydrogens (tertiary/aromatic N) is 1. The number of carboxylic acid groups (broad SMARTS) is 1. The number of anilines is 1. The van der Waals surface area contributed by atoms with Crippen molar-refractivity contribution in [3.63, 3.8) is 0 Å². The maximum absolute atomic E-state index is 14.3. The minimum Gasteiger partial charge on any atom is -0.477 e. The minimum atomic E-state index is -1.32. The first kappa shape index (κ1) is 18.9. The maximum Gasteiger partial charge on any atom is 0.341 e. The Bertz CT molecular complexity index is 817. The van der Waals surface area contributed by atoms with E-state index in [9.17, 15) is 19.1 Å². The van der Waals surface area contributed by atoms with Crippen LogP contribution in [0.15, 0.2) is 23.1 Å². The number of fused-ring (bicyclic) bond motifs is 1. The number of hydrogen-bond acceptors (Lipinski definition) is 4. The van der Waals surface area contributed by atoms with Gasteiger partial charge in [-0.15, -0.1) is 0 Å². The zero-order valence-corrected chi connectivity index (χ0v) is 14.2. The molecule has 136 valence electrons. The van der Waals surface area contributed by atoms with Crippen LogP contribution in [-0.4, -0.2) is 33.9 Å². The summed E-state index contributed by atoms with van der Waals surface area (Å²) in [5, 5.41) is 21.0. The van der Waals surface area contributed by atoms with Crippen molar-refractivity contribution in [1.82, 2.24) is 4.57 Å². The van der Waals surface area contributed by atoms with E-state index in [-0.39, 0.29) is 23.2 Å². The van der Waals surface area contributed by atoms with E-state index in [1.807, 2.05) is 0 Å². The second kappa shape index (κ2) is 8.62. The molecular weight excluding hydrogens is 327 g/mol. The third-order valence-electron chi connectivity index (χ3n) is 4.05. The Morgan fingerprint density at radius 3 is 2.68 bits per heavy atom. The average molecular weight is 350 g/mol. The van der Waals surface area contributed by atoms with E-state index >= 15 is 0 Å². The number of rotatable bonds is 9. The third-order valence-corrected chi connectivity index (χ3v) is 4.05. The van der Waals surface area contributed by atoms with Crippen LogP contribution >= 0.6 is 0 Å². The number of aliphatic hydroxyl groups excluding tert-OH is 1. The highest BCUT2D eigenvalue weighted by molar-refractivity contribution is 5.93. The molecule has 0 unspecified atom stereocenters. The molecule has 0 atom stereocenters. The molecule has 0 bridgehead atoms. The SMILES string of the molecule is CCCCCn1cc(C(=O)O)c(=O)c2cc(F)c(NCCCO)cc21. The number of aromatic nitrogens is 1. The number of pyridine rings is 1. The van der Waals surface area contributed by atoms with E-state index in [1.165, 1.54) is 12.3 Å². The zero-order valence-electron chi connectivity index (χ0n) is 14.2. The molecule has 2 rings (SSSR count). The molecule has 0 saturated carbocycles. The average Bonchev–Trinajstić information content (AvgIpc) is 2.58. The molecule has 1 aromatic heterocycles. The highest BCUT2D eigenvalue weighted by atomic mass is 19.1. The molecule has 6 nitrogen and oxygen atoms in total. The van der Waals surface area contributed by atoms with Gasteiger partial charge in [0, 0.05) is 31.3 Å². The fourth-order valence-corrected chi connectivity index (χ4v) is 2.72. The van der Waals surface area contributed by atoms with E-state index in [4.69, 9.17) is 5.11 Å². The lowest BCUT2D eigenvalue weighted by Crippen LogP contribution is -2.19. The molecule has 2 aromatic rings. The topological polar surface area (TPSA) is 91.6 Å². The predicted octanol–water partition coefficient (Wildman–Crippen LogP) is 2.82. The van der Waals surface area contributed by atoms with E-state index in [0.29, 0.717) is 25.0 Å². The standard InChI is InChI=1S/C18H23FN2O4/c1-2-3-4-7-21-11-13(18(24)25)17(23)12-9-14(19)15(10-16(12)21)20-6-5-8-22/h9-11,20,22H,2-8H2,1H3,(H,24,25). The van der Waals surface area contributed by atoms with Crippen LogP contribution in [0.5, 0.6) is 0 Å². The number of aliphatic hydroxyl groups is 1. The molecular formula is C18H23FN2O4. The Kier molecular flexibility index (Phi) is 6.52. The number of aromatic carboxylic acids is 1. The Hall–Kier alpha value is -2.41. The number of carbonyl (C=O) groups is 1. The quantitative estimate of drug-likeness (QED) is 0.605.